The second-order valence-corrected chi connectivity index (χ2v) is 6.82. The monoisotopic (exact) mass is 363 g/mol. The second kappa shape index (κ2) is 8.35. The molecule has 0 saturated carbocycles. The Labute approximate surface area is 150 Å². The number of morpholine rings is 1. The van der Waals surface area contributed by atoms with Crippen LogP contribution in [0.3, 0.4) is 0 Å². The summed E-state index contributed by atoms with van der Waals surface area (Å²) in [5, 5.41) is 3.05. The van der Waals surface area contributed by atoms with Crippen molar-refractivity contribution in [2.45, 2.75) is 18.6 Å². The van der Waals surface area contributed by atoms with Crippen LogP contribution >= 0.6 is 11.8 Å². The SMILES string of the molecule is CCOc1ccc(NC(=O)C[C@H]2SC(N3CCOCC3)=NC2=O)cc1. The average Bonchev–Trinajstić information content (AvgIpc) is 2.98. The summed E-state index contributed by atoms with van der Waals surface area (Å²) in [6.45, 7) is 5.24. The van der Waals surface area contributed by atoms with Gasteiger partial charge >= 0.3 is 0 Å². The van der Waals surface area contributed by atoms with Crippen molar-refractivity contribution < 1.29 is 19.1 Å². The summed E-state index contributed by atoms with van der Waals surface area (Å²) in [7, 11) is 0. The molecular weight excluding hydrogens is 342 g/mol. The molecule has 0 aromatic heterocycles. The highest BCUT2D eigenvalue weighted by atomic mass is 32.2. The molecule has 1 aromatic carbocycles. The number of anilines is 1. The average molecular weight is 363 g/mol. The molecule has 0 bridgehead atoms. The van der Waals surface area contributed by atoms with Crippen molar-refractivity contribution in [1.29, 1.82) is 0 Å². The highest BCUT2D eigenvalue weighted by Crippen LogP contribution is 2.28. The van der Waals surface area contributed by atoms with E-state index in [1.807, 2.05) is 11.8 Å². The summed E-state index contributed by atoms with van der Waals surface area (Å²) in [5.41, 5.74) is 0.679. The van der Waals surface area contributed by atoms with Gasteiger partial charge < -0.3 is 19.7 Å². The third-order valence-electron chi connectivity index (χ3n) is 3.83. The predicted octanol–water partition coefficient (Wildman–Crippen LogP) is 1.74. The first kappa shape index (κ1) is 17.8. The Kier molecular flexibility index (Phi) is 5.93. The maximum Gasteiger partial charge on any atom is 0.262 e. The fourth-order valence-electron chi connectivity index (χ4n) is 2.58. The van der Waals surface area contributed by atoms with E-state index in [0.29, 0.717) is 30.7 Å². The Balaban J connectivity index is 1.50. The minimum Gasteiger partial charge on any atom is -0.494 e. The fourth-order valence-corrected chi connectivity index (χ4v) is 3.70. The van der Waals surface area contributed by atoms with E-state index < -0.39 is 5.25 Å². The molecule has 1 saturated heterocycles. The van der Waals surface area contributed by atoms with Gasteiger partial charge in [-0.05, 0) is 31.2 Å². The summed E-state index contributed by atoms with van der Waals surface area (Å²) < 4.78 is 10.7. The molecule has 2 amide bonds. The van der Waals surface area contributed by atoms with Crippen LogP contribution in [0.4, 0.5) is 5.69 Å². The summed E-state index contributed by atoms with van der Waals surface area (Å²) in [5.74, 6) is 0.312. The lowest BCUT2D eigenvalue weighted by molar-refractivity contribution is -0.121. The maximum absolute atomic E-state index is 12.2. The lowest BCUT2D eigenvalue weighted by Gasteiger charge is -2.27. The number of ether oxygens (including phenoxy) is 2. The van der Waals surface area contributed by atoms with Crippen molar-refractivity contribution in [1.82, 2.24) is 4.90 Å². The minimum atomic E-state index is -0.458. The molecular formula is C17H21N3O4S. The lowest BCUT2D eigenvalue weighted by Crippen LogP contribution is -2.39. The van der Waals surface area contributed by atoms with Crippen molar-refractivity contribution in [2.24, 2.45) is 4.99 Å². The van der Waals surface area contributed by atoms with Gasteiger partial charge in [0.2, 0.25) is 5.91 Å². The molecule has 2 heterocycles. The predicted molar refractivity (Wildman–Crippen MR) is 97.1 cm³/mol. The van der Waals surface area contributed by atoms with E-state index in [-0.39, 0.29) is 18.2 Å². The molecule has 8 heteroatoms. The lowest BCUT2D eigenvalue weighted by atomic mass is 10.2. The smallest absolute Gasteiger partial charge is 0.262 e. The van der Waals surface area contributed by atoms with Gasteiger partial charge in [0.05, 0.1) is 19.8 Å². The van der Waals surface area contributed by atoms with Crippen molar-refractivity contribution in [3.8, 4) is 5.75 Å². The van der Waals surface area contributed by atoms with E-state index in [4.69, 9.17) is 9.47 Å². The first-order valence-corrected chi connectivity index (χ1v) is 9.18. The topological polar surface area (TPSA) is 80.2 Å². The Morgan fingerprint density at radius 3 is 2.76 bits per heavy atom. The number of rotatable bonds is 5. The van der Waals surface area contributed by atoms with Crippen LogP contribution in [0.25, 0.3) is 0 Å². The van der Waals surface area contributed by atoms with Crippen LogP contribution in [0, 0.1) is 0 Å². The zero-order valence-corrected chi connectivity index (χ0v) is 14.9. The van der Waals surface area contributed by atoms with Crippen molar-refractivity contribution in [3.05, 3.63) is 24.3 Å². The highest BCUT2D eigenvalue weighted by molar-refractivity contribution is 8.15. The van der Waals surface area contributed by atoms with Crippen LogP contribution in [-0.4, -0.2) is 60.0 Å². The zero-order chi connectivity index (χ0) is 17.6. The normalized spacial score (nSPS) is 20.4. The van der Waals surface area contributed by atoms with Crippen LogP contribution in [-0.2, 0) is 14.3 Å². The van der Waals surface area contributed by atoms with E-state index in [1.54, 1.807) is 24.3 Å². The molecule has 1 N–H and O–H groups in total. The fraction of sp³-hybridized carbons (Fsp3) is 0.471. The van der Waals surface area contributed by atoms with Gasteiger partial charge in [-0.25, -0.2) is 0 Å². The molecule has 25 heavy (non-hydrogen) atoms. The summed E-state index contributed by atoms with van der Waals surface area (Å²) in [6, 6.07) is 7.16. The van der Waals surface area contributed by atoms with E-state index in [1.165, 1.54) is 11.8 Å². The quantitative estimate of drug-likeness (QED) is 0.858. The molecule has 0 spiro atoms. The molecule has 1 atom stereocenters. The second-order valence-electron chi connectivity index (χ2n) is 5.65. The molecule has 0 unspecified atom stereocenters. The number of amidine groups is 1. The Bertz CT molecular complexity index is 656. The van der Waals surface area contributed by atoms with Crippen molar-refractivity contribution in [2.75, 3.05) is 38.2 Å². The number of hydrogen-bond acceptors (Lipinski definition) is 6. The number of thioether (sulfide) groups is 1. The number of nitrogens with one attached hydrogen (secondary N) is 1. The zero-order valence-electron chi connectivity index (χ0n) is 14.1. The molecule has 0 aliphatic carbocycles. The first-order chi connectivity index (χ1) is 12.2. The number of hydrogen-bond donors (Lipinski definition) is 1. The number of carbonyl (C=O) groups is 2. The third-order valence-corrected chi connectivity index (χ3v) is 5.04. The minimum absolute atomic E-state index is 0.105. The van der Waals surface area contributed by atoms with Gasteiger partial charge in [0.15, 0.2) is 5.17 Å². The molecule has 1 aromatic rings. The maximum atomic E-state index is 12.2. The largest absolute Gasteiger partial charge is 0.494 e. The number of nitrogens with zero attached hydrogens (tertiary/aromatic N) is 2. The van der Waals surface area contributed by atoms with Gasteiger partial charge in [0.1, 0.15) is 11.0 Å². The van der Waals surface area contributed by atoms with E-state index in [2.05, 4.69) is 10.3 Å². The van der Waals surface area contributed by atoms with E-state index in [0.717, 1.165) is 18.8 Å². The molecule has 0 radical (unpaired) electrons. The molecule has 2 aliphatic rings. The Morgan fingerprint density at radius 1 is 1.36 bits per heavy atom. The van der Waals surface area contributed by atoms with Gasteiger partial charge in [-0.15, -0.1) is 0 Å². The van der Waals surface area contributed by atoms with Crippen LogP contribution < -0.4 is 10.1 Å². The van der Waals surface area contributed by atoms with Gasteiger partial charge in [0, 0.05) is 25.2 Å². The first-order valence-electron chi connectivity index (χ1n) is 8.30. The number of aliphatic imine (C=N–C) groups is 1. The van der Waals surface area contributed by atoms with Crippen LogP contribution in [0.15, 0.2) is 29.3 Å². The van der Waals surface area contributed by atoms with E-state index >= 15 is 0 Å². The number of amides is 2. The summed E-state index contributed by atoms with van der Waals surface area (Å²) >= 11 is 1.36. The van der Waals surface area contributed by atoms with Gasteiger partial charge in [-0.2, -0.15) is 4.99 Å². The summed E-state index contributed by atoms with van der Waals surface area (Å²) in [6.07, 6.45) is 0.105. The molecule has 2 aliphatic heterocycles. The van der Waals surface area contributed by atoms with Crippen LogP contribution in [0.5, 0.6) is 5.75 Å². The van der Waals surface area contributed by atoms with Gasteiger partial charge in [-0.3, -0.25) is 9.59 Å². The molecule has 1 fully saturated rings. The Hall–Kier alpha value is -2.06. The third kappa shape index (κ3) is 4.73. The van der Waals surface area contributed by atoms with Crippen molar-refractivity contribution >= 4 is 34.4 Å². The van der Waals surface area contributed by atoms with Crippen molar-refractivity contribution in [3.63, 3.8) is 0 Å². The molecule has 7 nitrogen and oxygen atoms in total. The number of benzene rings is 1. The molecule has 134 valence electrons. The molecule has 3 rings (SSSR count). The Morgan fingerprint density at radius 2 is 2.08 bits per heavy atom. The highest BCUT2D eigenvalue weighted by Gasteiger charge is 2.33. The standard InChI is InChI=1S/C17H21N3O4S/c1-2-24-13-5-3-12(4-6-13)18-15(21)11-14-16(22)19-17(25-14)20-7-9-23-10-8-20/h3-6,14H,2,7-11H2,1H3,(H,18,21)/t14-/m1/s1. The van der Waals surface area contributed by atoms with Gasteiger partial charge in [0.25, 0.3) is 5.91 Å². The number of carbonyl (C=O) groups excluding carboxylic acids is 2. The van der Waals surface area contributed by atoms with E-state index in [9.17, 15) is 9.59 Å². The van der Waals surface area contributed by atoms with Crippen LogP contribution in [0.1, 0.15) is 13.3 Å². The van der Waals surface area contributed by atoms with Crippen LogP contribution in [0.2, 0.25) is 0 Å². The summed E-state index contributed by atoms with van der Waals surface area (Å²) in [4.78, 5) is 30.4. The van der Waals surface area contributed by atoms with Gasteiger partial charge in [-0.1, -0.05) is 11.8 Å².